The van der Waals surface area contributed by atoms with Crippen LogP contribution in [0.25, 0.3) is 0 Å². The number of amides is 1. The molecule has 0 fully saturated rings. The van der Waals surface area contributed by atoms with Gasteiger partial charge in [0.1, 0.15) is 0 Å². The summed E-state index contributed by atoms with van der Waals surface area (Å²) < 4.78 is 10.4. The fraction of sp³-hybridized carbons (Fsp3) is 0.125. The largest absolute Gasteiger partial charge is 0.454 e. The van der Waals surface area contributed by atoms with E-state index in [0.29, 0.717) is 38.4 Å². The van der Waals surface area contributed by atoms with Crippen molar-refractivity contribution in [3.8, 4) is 11.5 Å². The number of hydrogen-bond donors (Lipinski definition) is 1. The van der Waals surface area contributed by atoms with Crippen LogP contribution in [0.4, 0.5) is 0 Å². The maximum absolute atomic E-state index is 12.2. The van der Waals surface area contributed by atoms with E-state index in [1.165, 1.54) is 0 Å². The van der Waals surface area contributed by atoms with E-state index in [1.807, 2.05) is 0 Å². The molecule has 23 heavy (non-hydrogen) atoms. The normalized spacial score (nSPS) is 13.1. The summed E-state index contributed by atoms with van der Waals surface area (Å²) >= 11 is 12.0. The van der Waals surface area contributed by atoms with Crippen molar-refractivity contribution in [3.63, 3.8) is 0 Å². The van der Waals surface area contributed by atoms with Crippen molar-refractivity contribution in [1.29, 1.82) is 0 Å². The molecule has 2 aromatic rings. The SMILES string of the molecule is C/C(=N/NC(=O)c1ccc2c(c1)OCO2)c1ccc(Cl)cc1Cl. The van der Waals surface area contributed by atoms with Crippen LogP contribution < -0.4 is 14.9 Å². The molecular weight excluding hydrogens is 339 g/mol. The van der Waals surface area contributed by atoms with E-state index in [9.17, 15) is 4.79 Å². The molecule has 0 spiro atoms. The highest BCUT2D eigenvalue weighted by molar-refractivity contribution is 6.37. The van der Waals surface area contributed by atoms with Gasteiger partial charge in [-0.25, -0.2) is 5.43 Å². The zero-order valence-corrected chi connectivity index (χ0v) is 13.6. The van der Waals surface area contributed by atoms with Gasteiger partial charge >= 0.3 is 0 Å². The number of fused-ring (bicyclic) bond motifs is 1. The molecule has 1 amide bonds. The summed E-state index contributed by atoms with van der Waals surface area (Å²) in [4.78, 5) is 12.2. The van der Waals surface area contributed by atoms with Crippen molar-refractivity contribution in [1.82, 2.24) is 5.43 Å². The van der Waals surface area contributed by atoms with Gasteiger partial charge in [0.25, 0.3) is 5.91 Å². The topological polar surface area (TPSA) is 59.9 Å². The minimum Gasteiger partial charge on any atom is -0.454 e. The van der Waals surface area contributed by atoms with Crippen LogP contribution in [0, 0.1) is 0 Å². The van der Waals surface area contributed by atoms with Gasteiger partial charge in [-0.3, -0.25) is 4.79 Å². The number of halogens is 2. The molecule has 1 N–H and O–H groups in total. The summed E-state index contributed by atoms with van der Waals surface area (Å²) in [6.45, 7) is 1.90. The van der Waals surface area contributed by atoms with Gasteiger partial charge in [0, 0.05) is 16.1 Å². The van der Waals surface area contributed by atoms with Gasteiger partial charge in [0.15, 0.2) is 11.5 Å². The number of hydrazone groups is 1. The predicted octanol–water partition coefficient (Wildman–Crippen LogP) is 3.88. The van der Waals surface area contributed by atoms with Crippen LogP contribution in [0.3, 0.4) is 0 Å². The van der Waals surface area contributed by atoms with Gasteiger partial charge < -0.3 is 9.47 Å². The lowest BCUT2D eigenvalue weighted by molar-refractivity contribution is 0.0954. The molecule has 0 aromatic heterocycles. The number of hydrogen-bond acceptors (Lipinski definition) is 4. The van der Waals surface area contributed by atoms with Crippen molar-refractivity contribution in [2.75, 3.05) is 6.79 Å². The van der Waals surface area contributed by atoms with Gasteiger partial charge in [-0.1, -0.05) is 29.3 Å². The minimum absolute atomic E-state index is 0.159. The highest BCUT2D eigenvalue weighted by Gasteiger charge is 2.16. The Balaban J connectivity index is 1.75. The van der Waals surface area contributed by atoms with E-state index in [1.54, 1.807) is 43.3 Å². The third-order valence-corrected chi connectivity index (χ3v) is 3.83. The van der Waals surface area contributed by atoms with E-state index < -0.39 is 0 Å². The fourth-order valence-electron chi connectivity index (χ4n) is 2.08. The van der Waals surface area contributed by atoms with Crippen molar-refractivity contribution in [3.05, 3.63) is 57.6 Å². The molecule has 1 heterocycles. The Labute approximate surface area is 142 Å². The fourth-order valence-corrected chi connectivity index (χ4v) is 2.63. The summed E-state index contributed by atoms with van der Waals surface area (Å²) in [7, 11) is 0. The minimum atomic E-state index is -0.354. The molecule has 1 aliphatic rings. The first kappa shape index (κ1) is 15.6. The Kier molecular flexibility index (Phi) is 4.41. The number of nitrogens with one attached hydrogen (secondary N) is 1. The molecule has 0 saturated heterocycles. The zero-order valence-electron chi connectivity index (χ0n) is 12.1. The average Bonchev–Trinajstić information content (AvgIpc) is 2.99. The molecule has 3 rings (SSSR count). The van der Waals surface area contributed by atoms with E-state index in [4.69, 9.17) is 32.7 Å². The van der Waals surface area contributed by atoms with Crippen LogP contribution in [-0.4, -0.2) is 18.4 Å². The first-order valence-electron chi connectivity index (χ1n) is 6.74. The maximum atomic E-state index is 12.2. The number of benzene rings is 2. The molecule has 118 valence electrons. The molecular formula is C16H12Cl2N2O3. The van der Waals surface area contributed by atoms with Gasteiger partial charge in [0.2, 0.25) is 6.79 Å². The van der Waals surface area contributed by atoms with Crippen LogP contribution >= 0.6 is 23.2 Å². The van der Waals surface area contributed by atoms with E-state index in [0.717, 1.165) is 0 Å². The van der Waals surface area contributed by atoms with Crippen molar-refractivity contribution >= 4 is 34.8 Å². The van der Waals surface area contributed by atoms with E-state index >= 15 is 0 Å². The van der Waals surface area contributed by atoms with Crippen LogP contribution in [0.5, 0.6) is 11.5 Å². The monoisotopic (exact) mass is 350 g/mol. The molecule has 0 aliphatic carbocycles. The second-order valence-electron chi connectivity index (χ2n) is 4.83. The first-order valence-corrected chi connectivity index (χ1v) is 7.50. The van der Waals surface area contributed by atoms with Gasteiger partial charge in [-0.05, 0) is 37.3 Å². The molecule has 5 nitrogen and oxygen atoms in total. The first-order chi connectivity index (χ1) is 11.0. The molecule has 0 atom stereocenters. The summed E-state index contributed by atoms with van der Waals surface area (Å²) in [5.74, 6) is 0.806. The van der Waals surface area contributed by atoms with Gasteiger partial charge in [-0.2, -0.15) is 5.10 Å². The van der Waals surface area contributed by atoms with Crippen LogP contribution in [0.2, 0.25) is 10.0 Å². The van der Waals surface area contributed by atoms with Crippen molar-refractivity contribution < 1.29 is 14.3 Å². The number of carbonyl (C=O) groups excluding carboxylic acids is 1. The molecule has 0 unspecified atom stereocenters. The standard InChI is InChI=1S/C16H12Cl2N2O3/c1-9(12-4-3-11(17)7-13(12)18)19-20-16(21)10-2-5-14-15(6-10)23-8-22-14/h2-7H,8H2,1H3,(H,20,21)/b19-9-. The molecule has 0 bridgehead atoms. The van der Waals surface area contributed by atoms with Gasteiger partial charge in [0.05, 0.1) is 10.7 Å². The Morgan fingerprint density at radius 1 is 1.13 bits per heavy atom. The summed E-state index contributed by atoms with van der Waals surface area (Å²) in [5.41, 5.74) is 4.18. The quantitative estimate of drug-likeness (QED) is 0.674. The zero-order chi connectivity index (χ0) is 16.4. The molecule has 2 aromatic carbocycles. The average molecular weight is 351 g/mol. The van der Waals surface area contributed by atoms with Crippen molar-refractivity contribution in [2.45, 2.75) is 6.92 Å². The molecule has 7 heteroatoms. The Morgan fingerprint density at radius 2 is 1.91 bits per heavy atom. The lowest BCUT2D eigenvalue weighted by atomic mass is 10.1. The second kappa shape index (κ2) is 6.48. The van der Waals surface area contributed by atoms with E-state index in [-0.39, 0.29) is 12.7 Å². The molecule has 1 aliphatic heterocycles. The maximum Gasteiger partial charge on any atom is 0.271 e. The smallest absolute Gasteiger partial charge is 0.271 e. The van der Waals surface area contributed by atoms with Gasteiger partial charge in [-0.15, -0.1) is 0 Å². The number of nitrogens with zero attached hydrogens (tertiary/aromatic N) is 1. The van der Waals surface area contributed by atoms with Crippen LogP contribution in [-0.2, 0) is 0 Å². The Bertz CT molecular complexity index is 806. The summed E-state index contributed by atoms with van der Waals surface area (Å²) in [5, 5.41) is 5.08. The lowest BCUT2D eigenvalue weighted by Crippen LogP contribution is -2.19. The number of carbonyl (C=O) groups is 1. The van der Waals surface area contributed by atoms with E-state index in [2.05, 4.69) is 10.5 Å². The Hall–Kier alpha value is -2.24. The lowest BCUT2D eigenvalue weighted by Gasteiger charge is -2.06. The third-order valence-electron chi connectivity index (χ3n) is 3.28. The Morgan fingerprint density at radius 3 is 2.70 bits per heavy atom. The highest BCUT2D eigenvalue weighted by Crippen LogP contribution is 2.32. The second-order valence-corrected chi connectivity index (χ2v) is 5.67. The van der Waals surface area contributed by atoms with Crippen LogP contribution in [0.15, 0.2) is 41.5 Å². The third kappa shape index (κ3) is 3.41. The number of rotatable bonds is 3. The van der Waals surface area contributed by atoms with Crippen LogP contribution in [0.1, 0.15) is 22.8 Å². The summed E-state index contributed by atoms with van der Waals surface area (Å²) in [6, 6.07) is 10.0. The predicted molar refractivity (Wildman–Crippen MR) is 88.7 cm³/mol. The number of ether oxygens (including phenoxy) is 2. The highest BCUT2D eigenvalue weighted by atomic mass is 35.5. The molecule has 0 saturated carbocycles. The van der Waals surface area contributed by atoms with Crippen molar-refractivity contribution in [2.24, 2.45) is 5.10 Å². The summed E-state index contributed by atoms with van der Waals surface area (Å²) in [6.07, 6.45) is 0. The molecule has 0 radical (unpaired) electrons.